The molecule has 0 aliphatic heterocycles. The summed E-state index contributed by atoms with van der Waals surface area (Å²) in [5.74, 6) is -4.17. The Hall–Kier alpha value is -3.02. The molecule has 3 aromatic rings. The van der Waals surface area contributed by atoms with E-state index in [1.54, 1.807) is 19.2 Å². The second-order valence-corrected chi connectivity index (χ2v) is 8.13. The molecule has 10 heteroatoms. The Morgan fingerprint density at radius 3 is 2.47 bits per heavy atom. The number of hydrogen-bond acceptors (Lipinski definition) is 9. The molecule has 0 spiro atoms. The summed E-state index contributed by atoms with van der Waals surface area (Å²) in [7, 11) is 1.69. The Bertz CT molecular complexity index is 1020. The minimum absolute atomic E-state index is 0.0291. The van der Waals surface area contributed by atoms with E-state index in [2.05, 4.69) is 15.6 Å². The molecule has 0 bridgehead atoms. The molecule has 1 heterocycles. The van der Waals surface area contributed by atoms with Crippen molar-refractivity contribution in [3.63, 3.8) is 0 Å². The Morgan fingerprint density at radius 2 is 1.88 bits per heavy atom. The monoisotopic (exact) mass is 458 g/mol. The SMILES string of the molecule is COC(CNCCc1ccc(NC(=O)C(O)(O)c2nc(N)sc2O)cc1)c1ccccc1. The maximum absolute atomic E-state index is 12.3. The van der Waals surface area contributed by atoms with Gasteiger partial charge in [-0.25, -0.2) is 4.98 Å². The maximum atomic E-state index is 12.3. The van der Waals surface area contributed by atoms with Gasteiger partial charge in [-0.3, -0.25) is 4.79 Å². The smallest absolute Gasteiger partial charge is 0.294 e. The lowest BCUT2D eigenvalue weighted by atomic mass is 10.1. The number of aliphatic hydroxyl groups is 2. The van der Waals surface area contributed by atoms with E-state index in [9.17, 15) is 20.1 Å². The number of aromatic nitrogens is 1. The van der Waals surface area contributed by atoms with Crippen molar-refractivity contribution in [1.29, 1.82) is 0 Å². The van der Waals surface area contributed by atoms with Gasteiger partial charge in [-0.15, -0.1) is 0 Å². The van der Waals surface area contributed by atoms with Gasteiger partial charge in [0, 0.05) is 19.3 Å². The van der Waals surface area contributed by atoms with Crippen LogP contribution in [0.15, 0.2) is 54.6 Å². The molecular formula is C22H26N4O5S. The number of methoxy groups -OCH3 is 1. The quantitative estimate of drug-likeness (QED) is 0.199. The molecule has 0 aliphatic carbocycles. The van der Waals surface area contributed by atoms with Crippen LogP contribution in [0.3, 0.4) is 0 Å². The van der Waals surface area contributed by atoms with E-state index < -0.39 is 22.5 Å². The highest BCUT2D eigenvalue weighted by atomic mass is 32.1. The van der Waals surface area contributed by atoms with Gasteiger partial charge in [0.05, 0.1) is 6.10 Å². The van der Waals surface area contributed by atoms with Crippen LogP contribution in [0.2, 0.25) is 0 Å². The number of rotatable bonds is 10. The van der Waals surface area contributed by atoms with Crippen molar-refractivity contribution in [2.75, 3.05) is 31.2 Å². The number of aromatic hydroxyl groups is 1. The van der Waals surface area contributed by atoms with Crippen molar-refractivity contribution < 1.29 is 24.9 Å². The van der Waals surface area contributed by atoms with Gasteiger partial charge in [0.15, 0.2) is 10.8 Å². The predicted molar refractivity (Wildman–Crippen MR) is 122 cm³/mol. The first-order chi connectivity index (χ1) is 15.3. The number of ether oxygens (including phenoxy) is 1. The second-order valence-electron chi connectivity index (χ2n) is 7.12. The standard InChI is InChI=1S/C22H26N4O5S/c1-31-17(15-5-3-2-4-6-15)13-24-12-11-14-7-9-16(10-8-14)25-20(28)22(29,30)18-19(27)32-21(23)26-18/h2-10,17,24,27,29-30H,11-13H2,1H3,(H2,23,26)(H,25,28). The molecule has 0 saturated carbocycles. The summed E-state index contributed by atoms with van der Waals surface area (Å²) >= 11 is 0.641. The highest BCUT2D eigenvalue weighted by molar-refractivity contribution is 7.17. The first-order valence-corrected chi connectivity index (χ1v) is 10.7. The third-order valence-corrected chi connectivity index (χ3v) is 5.55. The lowest BCUT2D eigenvalue weighted by Gasteiger charge is -2.19. The zero-order valence-electron chi connectivity index (χ0n) is 17.5. The van der Waals surface area contributed by atoms with E-state index in [0.717, 1.165) is 24.1 Å². The maximum Gasteiger partial charge on any atom is 0.294 e. The molecule has 7 N–H and O–H groups in total. The van der Waals surface area contributed by atoms with Crippen molar-refractivity contribution in [1.82, 2.24) is 10.3 Å². The molecular weight excluding hydrogens is 432 g/mol. The molecule has 9 nitrogen and oxygen atoms in total. The van der Waals surface area contributed by atoms with Crippen LogP contribution >= 0.6 is 11.3 Å². The van der Waals surface area contributed by atoms with Gasteiger partial charge in [0.1, 0.15) is 0 Å². The highest BCUT2D eigenvalue weighted by Crippen LogP contribution is 2.34. The number of nitrogens with zero attached hydrogens (tertiary/aromatic N) is 1. The van der Waals surface area contributed by atoms with E-state index in [4.69, 9.17) is 10.5 Å². The van der Waals surface area contributed by atoms with E-state index in [1.807, 2.05) is 42.5 Å². The second kappa shape index (κ2) is 10.5. The van der Waals surface area contributed by atoms with Crippen molar-refractivity contribution in [2.45, 2.75) is 18.3 Å². The Kier molecular flexibility index (Phi) is 7.78. The first kappa shape index (κ1) is 23.6. The highest BCUT2D eigenvalue weighted by Gasteiger charge is 2.41. The van der Waals surface area contributed by atoms with Crippen LogP contribution in [-0.4, -0.2) is 46.4 Å². The number of nitrogens with two attached hydrogens (primary N) is 1. The zero-order valence-corrected chi connectivity index (χ0v) is 18.3. The van der Waals surface area contributed by atoms with E-state index >= 15 is 0 Å². The van der Waals surface area contributed by atoms with Crippen LogP contribution in [-0.2, 0) is 21.7 Å². The van der Waals surface area contributed by atoms with E-state index in [0.29, 0.717) is 23.6 Å². The fourth-order valence-electron chi connectivity index (χ4n) is 3.11. The van der Waals surface area contributed by atoms with Crippen LogP contribution < -0.4 is 16.4 Å². The zero-order chi connectivity index (χ0) is 23.1. The van der Waals surface area contributed by atoms with Crippen molar-refractivity contribution in [2.24, 2.45) is 0 Å². The number of amides is 1. The summed E-state index contributed by atoms with van der Waals surface area (Å²) in [6.07, 6.45) is 0.730. The van der Waals surface area contributed by atoms with Gasteiger partial charge in [0.25, 0.3) is 11.7 Å². The molecule has 0 aliphatic rings. The van der Waals surface area contributed by atoms with Gasteiger partial charge in [0.2, 0.25) is 5.06 Å². The molecule has 3 rings (SSSR count). The summed E-state index contributed by atoms with van der Waals surface area (Å²) in [6, 6.07) is 17.0. The summed E-state index contributed by atoms with van der Waals surface area (Å²) in [5.41, 5.74) is 7.34. The Morgan fingerprint density at radius 1 is 1.19 bits per heavy atom. The number of benzene rings is 2. The van der Waals surface area contributed by atoms with Crippen molar-refractivity contribution >= 4 is 28.1 Å². The van der Waals surface area contributed by atoms with E-state index in [1.165, 1.54) is 0 Å². The molecule has 2 aromatic carbocycles. The van der Waals surface area contributed by atoms with Gasteiger partial charge < -0.3 is 36.4 Å². The van der Waals surface area contributed by atoms with Gasteiger partial charge in [-0.1, -0.05) is 53.8 Å². The average molecular weight is 459 g/mol. The molecule has 170 valence electrons. The molecule has 1 amide bonds. The van der Waals surface area contributed by atoms with Gasteiger partial charge in [-0.05, 0) is 36.2 Å². The molecule has 1 unspecified atom stereocenters. The van der Waals surface area contributed by atoms with Crippen molar-refractivity contribution in [3.05, 3.63) is 71.4 Å². The summed E-state index contributed by atoms with van der Waals surface area (Å²) in [6.45, 7) is 1.41. The fraction of sp³-hybridized carbons (Fsp3) is 0.273. The fourth-order valence-corrected chi connectivity index (χ4v) is 3.73. The van der Waals surface area contributed by atoms with Crippen LogP contribution in [0.25, 0.3) is 0 Å². The number of carbonyl (C=O) groups is 1. The lowest BCUT2D eigenvalue weighted by Crippen LogP contribution is -2.40. The average Bonchev–Trinajstić information content (AvgIpc) is 3.14. The Balaban J connectivity index is 1.49. The number of nitrogen functional groups attached to an aromatic ring is 1. The number of anilines is 2. The Labute approximate surface area is 189 Å². The summed E-state index contributed by atoms with van der Waals surface area (Å²) < 4.78 is 5.54. The van der Waals surface area contributed by atoms with Crippen LogP contribution in [0.4, 0.5) is 10.8 Å². The molecule has 32 heavy (non-hydrogen) atoms. The first-order valence-electron chi connectivity index (χ1n) is 9.90. The molecule has 0 fully saturated rings. The minimum Gasteiger partial charge on any atom is -0.498 e. The largest absolute Gasteiger partial charge is 0.498 e. The van der Waals surface area contributed by atoms with Crippen molar-refractivity contribution in [3.8, 4) is 5.06 Å². The van der Waals surface area contributed by atoms with E-state index in [-0.39, 0.29) is 11.2 Å². The number of hydrogen-bond donors (Lipinski definition) is 6. The van der Waals surface area contributed by atoms with Gasteiger partial charge in [-0.2, -0.15) is 0 Å². The third kappa shape index (κ3) is 5.81. The molecule has 1 atom stereocenters. The van der Waals surface area contributed by atoms with Crippen LogP contribution in [0, 0.1) is 0 Å². The summed E-state index contributed by atoms with van der Waals surface area (Å²) in [4.78, 5) is 15.9. The number of thiazole rings is 1. The molecule has 0 radical (unpaired) electrons. The molecule has 1 aromatic heterocycles. The van der Waals surface area contributed by atoms with Crippen LogP contribution in [0.5, 0.6) is 5.06 Å². The minimum atomic E-state index is -3.02. The third-order valence-electron chi connectivity index (χ3n) is 4.86. The molecule has 0 saturated heterocycles. The predicted octanol–water partition coefficient (Wildman–Crippen LogP) is 1.73. The summed E-state index contributed by atoms with van der Waals surface area (Å²) in [5, 5.41) is 35.1. The van der Waals surface area contributed by atoms with Crippen LogP contribution in [0.1, 0.15) is 22.9 Å². The van der Waals surface area contributed by atoms with Gasteiger partial charge >= 0.3 is 0 Å². The number of carbonyl (C=O) groups excluding carboxylic acids is 1. The topological polar surface area (TPSA) is 150 Å². The lowest BCUT2D eigenvalue weighted by molar-refractivity contribution is -0.185. The normalized spacial score (nSPS) is 12.5. The number of nitrogens with one attached hydrogen (secondary N) is 2.